The molecule has 1 heterocycles. The molecule has 2 unspecified atom stereocenters. The Labute approximate surface area is 108 Å². The van der Waals surface area contributed by atoms with E-state index >= 15 is 0 Å². The molecule has 0 aliphatic heterocycles. The lowest BCUT2D eigenvalue weighted by Crippen LogP contribution is -2.26. The van der Waals surface area contributed by atoms with Crippen LogP contribution in [0.3, 0.4) is 0 Å². The Balaban J connectivity index is 2.10. The quantitative estimate of drug-likeness (QED) is 0.860. The normalized spacial score (nSPS) is 23.9. The standard InChI is InChI=1S/C10H14BrNO4S/c1-6-2-7(6)4-12-17(14,15)9-3-8(5-13)16-10(9)11/h3,6-7,12-13H,2,4-5H2,1H3. The summed E-state index contributed by atoms with van der Waals surface area (Å²) >= 11 is 3.03. The predicted octanol–water partition coefficient (Wildman–Crippen LogP) is 1.47. The third kappa shape index (κ3) is 2.90. The van der Waals surface area contributed by atoms with Gasteiger partial charge in [-0.2, -0.15) is 0 Å². The van der Waals surface area contributed by atoms with Gasteiger partial charge in [-0.15, -0.1) is 0 Å². The highest BCUT2D eigenvalue weighted by atomic mass is 79.9. The molecule has 1 saturated carbocycles. The second-order valence-electron chi connectivity index (χ2n) is 4.33. The van der Waals surface area contributed by atoms with E-state index in [1.165, 1.54) is 6.07 Å². The summed E-state index contributed by atoms with van der Waals surface area (Å²) in [6, 6.07) is 1.32. The van der Waals surface area contributed by atoms with E-state index in [2.05, 4.69) is 27.6 Å². The minimum Gasteiger partial charge on any atom is -0.450 e. The highest BCUT2D eigenvalue weighted by molar-refractivity contribution is 9.10. The average Bonchev–Trinajstić information content (AvgIpc) is 2.82. The SMILES string of the molecule is CC1CC1CNS(=O)(=O)c1cc(CO)oc1Br. The summed E-state index contributed by atoms with van der Waals surface area (Å²) in [5.41, 5.74) is 0. The maximum absolute atomic E-state index is 11.9. The number of sulfonamides is 1. The maximum Gasteiger partial charge on any atom is 0.244 e. The first-order chi connectivity index (χ1) is 7.94. The molecule has 0 saturated heterocycles. The molecule has 96 valence electrons. The van der Waals surface area contributed by atoms with Crippen LogP contribution in [0, 0.1) is 11.8 Å². The summed E-state index contributed by atoms with van der Waals surface area (Å²) in [4.78, 5) is 0.0369. The molecule has 1 fully saturated rings. The predicted molar refractivity (Wildman–Crippen MR) is 64.8 cm³/mol. The van der Waals surface area contributed by atoms with E-state index in [0.29, 0.717) is 18.4 Å². The maximum atomic E-state index is 11.9. The molecule has 2 rings (SSSR count). The monoisotopic (exact) mass is 323 g/mol. The number of rotatable bonds is 5. The van der Waals surface area contributed by atoms with Gasteiger partial charge in [-0.1, -0.05) is 6.92 Å². The van der Waals surface area contributed by atoms with Gasteiger partial charge in [0.25, 0.3) is 0 Å². The average molecular weight is 324 g/mol. The summed E-state index contributed by atoms with van der Waals surface area (Å²) < 4.78 is 31.6. The molecule has 5 nitrogen and oxygen atoms in total. The van der Waals surface area contributed by atoms with Crippen LogP contribution in [0.4, 0.5) is 0 Å². The number of hydrogen-bond acceptors (Lipinski definition) is 4. The second-order valence-corrected chi connectivity index (χ2v) is 6.79. The minimum absolute atomic E-state index is 0.0369. The zero-order valence-corrected chi connectivity index (χ0v) is 11.7. The van der Waals surface area contributed by atoms with E-state index < -0.39 is 10.0 Å². The number of hydrogen-bond donors (Lipinski definition) is 2. The fourth-order valence-electron chi connectivity index (χ4n) is 1.64. The van der Waals surface area contributed by atoms with Crippen LogP contribution in [0.5, 0.6) is 0 Å². The van der Waals surface area contributed by atoms with Gasteiger partial charge in [-0.05, 0) is 34.2 Å². The highest BCUT2D eigenvalue weighted by Gasteiger charge is 2.34. The van der Waals surface area contributed by atoms with Crippen LogP contribution >= 0.6 is 15.9 Å². The van der Waals surface area contributed by atoms with Crippen molar-refractivity contribution in [3.63, 3.8) is 0 Å². The summed E-state index contributed by atoms with van der Waals surface area (Å²) in [7, 11) is -3.56. The zero-order valence-electron chi connectivity index (χ0n) is 9.31. The van der Waals surface area contributed by atoms with Crippen molar-refractivity contribution in [2.24, 2.45) is 11.8 Å². The third-order valence-electron chi connectivity index (χ3n) is 2.96. The molecule has 0 spiro atoms. The topological polar surface area (TPSA) is 79.5 Å². The first-order valence-corrected chi connectivity index (χ1v) is 7.60. The second kappa shape index (κ2) is 4.72. The Bertz CT molecular complexity index is 510. The fourth-order valence-corrected chi connectivity index (χ4v) is 3.73. The van der Waals surface area contributed by atoms with E-state index in [1.807, 2.05) is 0 Å². The van der Waals surface area contributed by atoms with E-state index in [9.17, 15) is 8.42 Å². The summed E-state index contributed by atoms with van der Waals surface area (Å²) in [5, 5.41) is 8.87. The molecule has 2 atom stereocenters. The van der Waals surface area contributed by atoms with Crippen molar-refractivity contribution >= 4 is 26.0 Å². The van der Waals surface area contributed by atoms with Crippen LogP contribution in [0.25, 0.3) is 0 Å². The van der Waals surface area contributed by atoms with Crippen molar-refractivity contribution in [1.82, 2.24) is 4.72 Å². The molecule has 0 radical (unpaired) electrons. The lowest BCUT2D eigenvalue weighted by Gasteiger charge is -2.03. The molecule has 7 heteroatoms. The van der Waals surface area contributed by atoms with Gasteiger partial charge < -0.3 is 9.52 Å². The molecule has 1 aliphatic rings. The fraction of sp³-hybridized carbons (Fsp3) is 0.600. The van der Waals surface area contributed by atoms with E-state index in [-0.39, 0.29) is 21.9 Å². The summed E-state index contributed by atoms with van der Waals surface area (Å²) in [5.74, 6) is 1.25. The van der Waals surface area contributed by atoms with Gasteiger partial charge in [0.2, 0.25) is 10.0 Å². The smallest absolute Gasteiger partial charge is 0.244 e. The highest BCUT2D eigenvalue weighted by Crippen LogP contribution is 2.37. The Morgan fingerprint density at radius 2 is 2.29 bits per heavy atom. The van der Waals surface area contributed by atoms with Gasteiger partial charge in [0.1, 0.15) is 17.3 Å². The molecule has 0 bridgehead atoms. The van der Waals surface area contributed by atoms with Gasteiger partial charge >= 0.3 is 0 Å². The van der Waals surface area contributed by atoms with Crippen molar-refractivity contribution in [2.45, 2.75) is 24.8 Å². The molecular weight excluding hydrogens is 310 g/mol. The van der Waals surface area contributed by atoms with Crippen LogP contribution in [0.15, 0.2) is 20.0 Å². The van der Waals surface area contributed by atoms with Crippen molar-refractivity contribution in [3.8, 4) is 0 Å². The first kappa shape index (κ1) is 13.1. The Hall–Kier alpha value is -0.370. The molecule has 1 aliphatic carbocycles. The molecule has 17 heavy (non-hydrogen) atoms. The van der Waals surface area contributed by atoms with Crippen molar-refractivity contribution in [1.29, 1.82) is 0 Å². The number of halogens is 1. The Morgan fingerprint density at radius 1 is 1.65 bits per heavy atom. The molecule has 1 aromatic heterocycles. The third-order valence-corrected chi connectivity index (χ3v) is 5.24. The lowest BCUT2D eigenvalue weighted by atomic mass is 10.3. The van der Waals surface area contributed by atoms with Crippen LogP contribution in [-0.2, 0) is 16.6 Å². The molecule has 0 aromatic carbocycles. The Morgan fingerprint density at radius 3 is 2.76 bits per heavy atom. The molecule has 0 amide bonds. The number of aliphatic hydroxyl groups is 1. The first-order valence-electron chi connectivity index (χ1n) is 5.32. The lowest BCUT2D eigenvalue weighted by molar-refractivity contribution is 0.245. The van der Waals surface area contributed by atoms with Crippen LogP contribution < -0.4 is 4.72 Å². The van der Waals surface area contributed by atoms with E-state index in [1.54, 1.807) is 0 Å². The van der Waals surface area contributed by atoms with Gasteiger partial charge in [0.15, 0.2) is 4.67 Å². The van der Waals surface area contributed by atoms with E-state index in [4.69, 9.17) is 9.52 Å². The van der Waals surface area contributed by atoms with Gasteiger partial charge in [-0.3, -0.25) is 0 Å². The van der Waals surface area contributed by atoms with Crippen LogP contribution in [0.2, 0.25) is 0 Å². The molecule has 1 aromatic rings. The number of aliphatic hydroxyl groups excluding tert-OH is 1. The van der Waals surface area contributed by atoms with Crippen LogP contribution in [0.1, 0.15) is 19.1 Å². The van der Waals surface area contributed by atoms with Crippen molar-refractivity contribution in [3.05, 3.63) is 16.5 Å². The Kier molecular flexibility index (Phi) is 3.63. The summed E-state index contributed by atoms with van der Waals surface area (Å²) in [6.07, 6.45) is 1.07. The largest absolute Gasteiger partial charge is 0.450 e. The molecular formula is C10H14BrNO4S. The van der Waals surface area contributed by atoms with Gasteiger partial charge in [-0.25, -0.2) is 13.1 Å². The van der Waals surface area contributed by atoms with Crippen molar-refractivity contribution in [2.75, 3.05) is 6.54 Å². The number of nitrogens with one attached hydrogen (secondary N) is 1. The van der Waals surface area contributed by atoms with Gasteiger partial charge in [0, 0.05) is 12.6 Å². The van der Waals surface area contributed by atoms with Gasteiger partial charge in [0.05, 0.1) is 0 Å². The number of furan rings is 1. The zero-order chi connectivity index (χ0) is 12.6. The van der Waals surface area contributed by atoms with Crippen molar-refractivity contribution < 1.29 is 17.9 Å². The van der Waals surface area contributed by atoms with E-state index in [0.717, 1.165) is 6.42 Å². The minimum atomic E-state index is -3.56. The molecule has 2 N–H and O–H groups in total. The summed E-state index contributed by atoms with van der Waals surface area (Å²) in [6.45, 7) is 2.22. The van der Waals surface area contributed by atoms with Crippen LogP contribution in [-0.4, -0.2) is 20.1 Å².